The molecule has 0 amide bonds. The van der Waals surface area contributed by atoms with E-state index in [1.54, 1.807) is 0 Å². The molecule has 0 fully saturated rings. The van der Waals surface area contributed by atoms with E-state index in [1.807, 2.05) is 6.92 Å². The van der Waals surface area contributed by atoms with Gasteiger partial charge in [-0.15, -0.1) is 0 Å². The van der Waals surface area contributed by atoms with Gasteiger partial charge in [0.1, 0.15) is 5.75 Å². The van der Waals surface area contributed by atoms with Gasteiger partial charge in [-0.1, -0.05) is 55.8 Å². The average molecular weight is 349 g/mol. The minimum absolute atomic E-state index is 0.657. The van der Waals surface area contributed by atoms with Gasteiger partial charge in [0.2, 0.25) is 0 Å². The van der Waals surface area contributed by atoms with Gasteiger partial charge in [0.05, 0.1) is 6.61 Å². The summed E-state index contributed by atoms with van der Waals surface area (Å²) in [4.78, 5) is 0. The largest absolute Gasteiger partial charge is 0.493 e. The smallest absolute Gasteiger partial charge is 0.119 e. The molecule has 2 aromatic carbocycles. The van der Waals surface area contributed by atoms with Crippen LogP contribution in [0.4, 0.5) is 0 Å². The third-order valence-electron chi connectivity index (χ3n) is 5.47. The van der Waals surface area contributed by atoms with Crippen molar-refractivity contribution in [2.75, 3.05) is 6.61 Å². The highest BCUT2D eigenvalue weighted by Crippen LogP contribution is 2.34. The molecular formula is C25H32O. The first-order valence-corrected chi connectivity index (χ1v) is 10.2. The van der Waals surface area contributed by atoms with Crippen LogP contribution in [0.2, 0.25) is 0 Å². The molecule has 0 aliphatic heterocycles. The third-order valence-corrected chi connectivity index (χ3v) is 5.47. The van der Waals surface area contributed by atoms with Crippen molar-refractivity contribution in [1.82, 2.24) is 0 Å². The van der Waals surface area contributed by atoms with Crippen molar-refractivity contribution in [3.05, 3.63) is 76.9 Å². The van der Waals surface area contributed by atoms with Crippen LogP contribution >= 0.6 is 0 Å². The van der Waals surface area contributed by atoms with Crippen molar-refractivity contribution in [3.63, 3.8) is 0 Å². The fraction of sp³-hybridized carbons (Fsp3) is 0.440. The number of hydrogen-bond acceptors (Lipinski definition) is 1. The summed E-state index contributed by atoms with van der Waals surface area (Å²) in [6.45, 7) is 5.07. The van der Waals surface area contributed by atoms with Gasteiger partial charge in [-0.2, -0.15) is 0 Å². The zero-order valence-electron chi connectivity index (χ0n) is 16.3. The van der Waals surface area contributed by atoms with E-state index in [-0.39, 0.29) is 0 Å². The molecule has 1 unspecified atom stereocenters. The number of ether oxygens (including phenoxy) is 1. The normalized spacial score (nSPS) is 16.6. The minimum atomic E-state index is 0.657. The second-order valence-electron chi connectivity index (χ2n) is 7.42. The van der Waals surface area contributed by atoms with Gasteiger partial charge in [0.15, 0.2) is 0 Å². The Labute approximate surface area is 159 Å². The second-order valence-corrected chi connectivity index (χ2v) is 7.42. The SMILES string of the molecule is CC=CCCOc1ccc2c(c1)CCC(c1ccc(CCCC)cc1)C2. The molecule has 0 radical (unpaired) electrons. The molecule has 0 saturated heterocycles. The molecular weight excluding hydrogens is 316 g/mol. The molecule has 0 heterocycles. The second kappa shape index (κ2) is 9.62. The Morgan fingerprint density at radius 1 is 1.08 bits per heavy atom. The summed E-state index contributed by atoms with van der Waals surface area (Å²) >= 11 is 0. The molecule has 0 bridgehead atoms. The van der Waals surface area contributed by atoms with Crippen LogP contribution in [0, 0.1) is 0 Å². The van der Waals surface area contributed by atoms with Crippen molar-refractivity contribution >= 4 is 0 Å². The Bertz CT molecular complexity index is 711. The highest BCUT2D eigenvalue weighted by molar-refractivity contribution is 5.40. The number of allylic oxidation sites excluding steroid dienone is 1. The van der Waals surface area contributed by atoms with E-state index in [0.717, 1.165) is 31.6 Å². The lowest BCUT2D eigenvalue weighted by molar-refractivity contribution is 0.324. The molecule has 26 heavy (non-hydrogen) atoms. The van der Waals surface area contributed by atoms with Gasteiger partial charge in [0.25, 0.3) is 0 Å². The van der Waals surface area contributed by atoms with Gasteiger partial charge >= 0.3 is 0 Å². The monoisotopic (exact) mass is 348 g/mol. The van der Waals surface area contributed by atoms with Crippen LogP contribution in [0.1, 0.15) is 67.7 Å². The molecule has 3 rings (SSSR count). The zero-order valence-corrected chi connectivity index (χ0v) is 16.3. The molecule has 0 aromatic heterocycles. The van der Waals surface area contributed by atoms with E-state index in [1.165, 1.54) is 47.9 Å². The Morgan fingerprint density at radius 3 is 2.69 bits per heavy atom. The van der Waals surface area contributed by atoms with Gasteiger partial charge in [-0.3, -0.25) is 0 Å². The van der Waals surface area contributed by atoms with Crippen molar-refractivity contribution < 1.29 is 4.74 Å². The van der Waals surface area contributed by atoms with Crippen LogP contribution in [0.15, 0.2) is 54.6 Å². The predicted molar refractivity (Wildman–Crippen MR) is 111 cm³/mol. The predicted octanol–water partition coefficient (Wildman–Crippen LogP) is 6.65. The molecule has 0 N–H and O–H groups in total. The zero-order chi connectivity index (χ0) is 18.2. The maximum Gasteiger partial charge on any atom is 0.119 e. The Hall–Kier alpha value is -2.02. The minimum Gasteiger partial charge on any atom is -0.493 e. The van der Waals surface area contributed by atoms with Crippen molar-refractivity contribution in [2.24, 2.45) is 0 Å². The number of rotatable bonds is 8. The van der Waals surface area contributed by atoms with Crippen LogP contribution < -0.4 is 4.74 Å². The molecule has 1 atom stereocenters. The summed E-state index contributed by atoms with van der Waals surface area (Å²) < 4.78 is 5.88. The fourth-order valence-corrected chi connectivity index (χ4v) is 3.85. The molecule has 138 valence electrons. The quantitative estimate of drug-likeness (QED) is 0.383. The van der Waals surface area contributed by atoms with E-state index in [9.17, 15) is 0 Å². The lowest BCUT2D eigenvalue weighted by Gasteiger charge is -2.25. The first-order chi connectivity index (χ1) is 12.8. The standard InChI is InChI=1S/C25H32O/c1-3-5-7-17-26-25-16-15-23-18-22(13-14-24(23)19-25)21-11-9-20(10-12-21)8-6-4-2/h3,5,9-12,15-16,19,22H,4,6-8,13-14,17-18H2,1-2H3. The van der Waals surface area contributed by atoms with Crippen molar-refractivity contribution in [2.45, 2.75) is 64.7 Å². The molecule has 1 aliphatic rings. The van der Waals surface area contributed by atoms with Crippen LogP contribution in [-0.2, 0) is 19.3 Å². The summed E-state index contributed by atoms with van der Waals surface area (Å²) in [6.07, 6.45) is 12.5. The summed E-state index contributed by atoms with van der Waals surface area (Å²) in [5, 5.41) is 0. The Balaban J connectivity index is 1.60. The van der Waals surface area contributed by atoms with E-state index in [2.05, 4.69) is 61.5 Å². The molecule has 2 aromatic rings. The highest BCUT2D eigenvalue weighted by Gasteiger charge is 2.20. The van der Waals surface area contributed by atoms with Gasteiger partial charge in [-0.05, 0) is 85.8 Å². The summed E-state index contributed by atoms with van der Waals surface area (Å²) in [7, 11) is 0. The average Bonchev–Trinajstić information content (AvgIpc) is 2.69. The van der Waals surface area contributed by atoms with Crippen LogP contribution in [0.5, 0.6) is 5.75 Å². The lowest BCUT2D eigenvalue weighted by Crippen LogP contribution is -2.13. The maximum atomic E-state index is 5.88. The van der Waals surface area contributed by atoms with E-state index in [4.69, 9.17) is 4.74 Å². The summed E-state index contributed by atoms with van der Waals surface area (Å²) in [5.41, 5.74) is 5.95. The van der Waals surface area contributed by atoms with E-state index < -0.39 is 0 Å². The van der Waals surface area contributed by atoms with E-state index in [0.29, 0.717) is 5.92 Å². The highest BCUT2D eigenvalue weighted by atomic mass is 16.5. The van der Waals surface area contributed by atoms with Gasteiger partial charge in [0, 0.05) is 0 Å². The molecule has 1 nitrogen and oxygen atoms in total. The molecule has 0 saturated carbocycles. The van der Waals surface area contributed by atoms with E-state index >= 15 is 0 Å². The summed E-state index contributed by atoms with van der Waals surface area (Å²) in [5.74, 6) is 1.68. The Kier molecular flexibility index (Phi) is 6.94. The van der Waals surface area contributed by atoms with Crippen LogP contribution in [0.25, 0.3) is 0 Å². The topological polar surface area (TPSA) is 9.23 Å². The number of hydrogen-bond donors (Lipinski definition) is 0. The Morgan fingerprint density at radius 2 is 1.92 bits per heavy atom. The number of fused-ring (bicyclic) bond motifs is 1. The molecule has 1 heteroatoms. The third kappa shape index (κ3) is 5.00. The number of unbranched alkanes of at least 4 members (excludes halogenated alkanes) is 1. The van der Waals surface area contributed by atoms with Crippen molar-refractivity contribution in [1.29, 1.82) is 0 Å². The molecule has 1 aliphatic carbocycles. The molecule has 0 spiro atoms. The first-order valence-electron chi connectivity index (χ1n) is 10.2. The number of benzene rings is 2. The van der Waals surface area contributed by atoms with Crippen LogP contribution in [-0.4, -0.2) is 6.61 Å². The van der Waals surface area contributed by atoms with Crippen LogP contribution in [0.3, 0.4) is 0 Å². The summed E-state index contributed by atoms with van der Waals surface area (Å²) in [6, 6.07) is 16.1. The van der Waals surface area contributed by atoms with Crippen molar-refractivity contribution in [3.8, 4) is 5.75 Å². The fourth-order valence-electron chi connectivity index (χ4n) is 3.85. The lowest BCUT2D eigenvalue weighted by atomic mass is 9.80. The first kappa shape index (κ1) is 18.8. The van der Waals surface area contributed by atoms with Gasteiger partial charge in [-0.25, -0.2) is 0 Å². The number of aryl methyl sites for hydroxylation is 2. The maximum absolute atomic E-state index is 5.88. The van der Waals surface area contributed by atoms with Gasteiger partial charge < -0.3 is 4.74 Å².